The lowest BCUT2D eigenvalue weighted by Crippen LogP contribution is -2.29. The van der Waals surface area contributed by atoms with Crippen molar-refractivity contribution in [2.45, 2.75) is 140 Å². The second-order valence-electron chi connectivity index (χ2n) is 15.7. The molecule has 0 aromatic heterocycles. The van der Waals surface area contributed by atoms with Gasteiger partial charge in [0.1, 0.15) is 6.54 Å². The summed E-state index contributed by atoms with van der Waals surface area (Å²) in [5.74, 6) is -1.57. The minimum atomic E-state index is -4.41. The van der Waals surface area contributed by atoms with Crippen LogP contribution >= 0.6 is 0 Å². The van der Waals surface area contributed by atoms with E-state index in [9.17, 15) is 27.7 Å². The molecule has 2 aromatic rings. The number of aliphatic carboxylic acids is 2. The number of rotatable bonds is 22. The molecule has 9 nitrogen and oxygen atoms in total. The molecule has 2 aromatic carbocycles. The highest BCUT2D eigenvalue weighted by atomic mass is 32.2. The maximum Gasteiger partial charge on any atom is 0.303 e. The molecule has 1 atom stereocenters. The summed E-state index contributed by atoms with van der Waals surface area (Å²) in [7, 11) is -4.41. The minimum Gasteiger partial charge on any atom is -0.481 e. The number of hydrogen-bond acceptors (Lipinski definition) is 5. The van der Waals surface area contributed by atoms with Gasteiger partial charge in [0.25, 0.3) is 10.1 Å². The van der Waals surface area contributed by atoms with Gasteiger partial charge in [-0.25, -0.2) is 0 Å². The third-order valence-electron chi connectivity index (χ3n) is 11.1. The second-order valence-corrected chi connectivity index (χ2v) is 17.1. The summed E-state index contributed by atoms with van der Waals surface area (Å²) in [5.41, 5.74) is 6.93. The van der Waals surface area contributed by atoms with Crippen LogP contribution in [0.15, 0.2) is 77.4 Å². The lowest BCUT2D eigenvalue weighted by atomic mass is 9.77. The van der Waals surface area contributed by atoms with Gasteiger partial charge in [0, 0.05) is 60.3 Å². The van der Waals surface area contributed by atoms with Crippen LogP contribution in [0.1, 0.15) is 134 Å². The Bertz CT molecular complexity index is 1890. The minimum absolute atomic E-state index is 0.116. The number of hydrogen-bond donors (Lipinski definition) is 3. The molecule has 2 aliphatic rings. The summed E-state index contributed by atoms with van der Waals surface area (Å²) in [6, 6.07) is 11.5. The first-order chi connectivity index (χ1) is 25.6. The molecular weight excluding hydrogens is 701 g/mol. The van der Waals surface area contributed by atoms with Crippen LogP contribution < -0.4 is 4.90 Å². The van der Waals surface area contributed by atoms with Crippen molar-refractivity contribution < 1.29 is 37.3 Å². The van der Waals surface area contributed by atoms with Gasteiger partial charge in [0.05, 0.1) is 10.3 Å². The summed E-state index contributed by atoms with van der Waals surface area (Å²) >= 11 is 0. The summed E-state index contributed by atoms with van der Waals surface area (Å²) in [6.45, 7) is 12.5. The molecule has 0 spiro atoms. The molecule has 2 aliphatic heterocycles. The zero-order chi connectivity index (χ0) is 39.5. The highest BCUT2D eigenvalue weighted by Crippen LogP contribution is 2.51. The van der Waals surface area contributed by atoms with Gasteiger partial charge in [0.2, 0.25) is 5.69 Å². The van der Waals surface area contributed by atoms with Crippen molar-refractivity contribution in [1.82, 2.24) is 0 Å². The smallest absolute Gasteiger partial charge is 0.303 e. The second kappa shape index (κ2) is 19.0. The van der Waals surface area contributed by atoms with Crippen LogP contribution in [0, 0.1) is 6.92 Å². The number of carbonyl (C=O) groups is 2. The number of nitrogens with zero attached hydrogens (tertiary/aromatic N) is 2. The predicted molar refractivity (Wildman–Crippen MR) is 217 cm³/mol. The number of unbranched alkanes of at least 4 members (excludes halogenated alkanes) is 8. The number of carboxylic acid groups (broad SMARTS) is 2. The highest BCUT2D eigenvalue weighted by Gasteiger charge is 2.45. The number of anilines is 1. The van der Waals surface area contributed by atoms with Crippen LogP contribution in [0.2, 0.25) is 0 Å². The molecule has 3 N–H and O–H groups in total. The Morgan fingerprint density at radius 1 is 0.796 bits per heavy atom. The first-order valence-electron chi connectivity index (χ1n) is 19.8. The van der Waals surface area contributed by atoms with Crippen molar-refractivity contribution in [1.29, 1.82) is 0 Å². The molecule has 0 saturated carbocycles. The molecule has 294 valence electrons. The average Bonchev–Trinajstić information content (AvgIpc) is 3.45. The molecule has 4 rings (SSSR count). The summed E-state index contributed by atoms with van der Waals surface area (Å²) in [6.07, 6.45) is 21.5. The number of allylic oxidation sites excluding steroid dienone is 6. The predicted octanol–water partition coefficient (Wildman–Crippen LogP) is 10.0. The maximum atomic E-state index is 12.3. The van der Waals surface area contributed by atoms with Crippen molar-refractivity contribution in [3.8, 4) is 0 Å². The third kappa shape index (κ3) is 10.6. The molecule has 1 unspecified atom stereocenters. The van der Waals surface area contributed by atoms with Gasteiger partial charge in [-0.3, -0.25) is 14.1 Å². The zero-order valence-corrected chi connectivity index (χ0v) is 33.8. The standard InChI is InChI=1S/C44H60N2O7S/c1-6-7-8-9-18-30-46-38-27-25-34(54(51,52)53)32-36(38)44(5,28-17-11-15-22-41(47)48)40(46)21-14-10-13-20-39-43(3,4)35-31-33(2)24-26-37(35)45(39)29-19-12-16-23-42(49)50/h10,13-14,20-21,24-27,31-32H,6-9,11-12,15-19,22-23,28-30H2,1-5H3,(H2-,47,48,49,50,51,52,53)/p+1. The molecule has 0 saturated heterocycles. The van der Waals surface area contributed by atoms with Crippen molar-refractivity contribution >= 4 is 39.1 Å². The first kappa shape index (κ1) is 42.7. The van der Waals surface area contributed by atoms with E-state index >= 15 is 0 Å². The molecule has 0 bridgehead atoms. The Balaban J connectivity index is 1.69. The topological polar surface area (TPSA) is 135 Å². The Hall–Kier alpha value is -4.02. The number of aryl methyl sites for hydroxylation is 1. The van der Waals surface area contributed by atoms with E-state index in [1.165, 1.54) is 35.0 Å². The Morgan fingerprint density at radius 2 is 1.46 bits per heavy atom. The van der Waals surface area contributed by atoms with Crippen LogP contribution in [0.5, 0.6) is 0 Å². The number of fused-ring (bicyclic) bond motifs is 2. The monoisotopic (exact) mass is 761 g/mol. The van der Waals surface area contributed by atoms with Gasteiger partial charge in [-0.15, -0.1) is 0 Å². The molecular formula is C44H61N2O7S+. The van der Waals surface area contributed by atoms with Crippen molar-refractivity contribution in [3.63, 3.8) is 0 Å². The maximum absolute atomic E-state index is 12.3. The molecule has 0 radical (unpaired) electrons. The zero-order valence-electron chi connectivity index (χ0n) is 32.9. The number of benzene rings is 2. The van der Waals surface area contributed by atoms with Crippen LogP contribution in [0.25, 0.3) is 0 Å². The lowest BCUT2D eigenvalue weighted by molar-refractivity contribution is -0.438. The van der Waals surface area contributed by atoms with Gasteiger partial charge in [-0.05, 0) is 95.7 Å². The molecule has 0 aliphatic carbocycles. The molecule has 10 heteroatoms. The lowest BCUT2D eigenvalue weighted by Gasteiger charge is -2.30. The third-order valence-corrected chi connectivity index (χ3v) is 12.0. The quantitative estimate of drug-likeness (QED) is 0.0467. The van der Waals surface area contributed by atoms with Crippen molar-refractivity contribution in [2.24, 2.45) is 0 Å². The van der Waals surface area contributed by atoms with E-state index in [-0.39, 0.29) is 23.2 Å². The van der Waals surface area contributed by atoms with Gasteiger partial charge < -0.3 is 15.1 Å². The van der Waals surface area contributed by atoms with Gasteiger partial charge in [-0.1, -0.05) is 75.3 Å². The van der Waals surface area contributed by atoms with Crippen LogP contribution in [-0.2, 0) is 30.5 Å². The normalized spacial score (nSPS) is 18.7. The van der Waals surface area contributed by atoms with Crippen LogP contribution in [0.3, 0.4) is 0 Å². The van der Waals surface area contributed by atoms with Crippen molar-refractivity contribution in [3.05, 3.63) is 89.2 Å². The molecule has 0 fully saturated rings. The fourth-order valence-electron chi connectivity index (χ4n) is 8.11. The average molecular weight is 762 g/mol. The van der Waals surface area contributed by atoms with Crippen LogP contribution in [-0.4, -0.2) is 58.5 Å². The molecule has 2 heterocycles. The fraction of sp³-hybridized carbons (Fsp3) is 0.523. The van der Waals surface area contributed by atoms with E-state index in [4.69, 9.17) is 5.11 Å². The van der Waals surface area contributed by atoms with E-state index in [1.807, 2.05) is 18.2 Å². The van der Waals surface area contributed by atoms with Gasteiger partial charge in [0.15, 0.2) is 5.71 Å². The van der Waals surface area contributed by atoms with E-state index < -0.39 is 27.5 Å². The SMILES string of the molecule is CCCCCCCN1\C(=C/C=C/C=C/C2=[N+](CCCCCC(=O)O)c3ccc(C)cc3C2(C)C)C(C)(CCCCCC(=O)O)c2cc(S(=O)(=O)O)ccc21. The van der Waals surface area contributed by atoms with Crippen LogP contribution in [0.4, 0.5) is 11.4 Å². The summed E-state index contributed by atoms with van der Waals surface area (Å²) < 4.78 is 37.0. The van der Waals surface area contributed by atoms with Crippen molar-refractivity contribution in [2.75, 3.05) is 18.0 Å². The molecule has 0 amide bonds. The highest BCUT2D eigenvalue weighted by molar-refractivity contribution is 7.85. The Kier molecular flexibility index (Phi) is 15.1. The number of carboxylic acids is 2. The Morgan fingerprint density at radius 3 is 2.13 bits per heavy atom. The Labute approximate surface area is 322 Å². The van der Waals surface area contributed by atoms with E-state index in [2.05, 4.69) is 80.5 Å². The summed E-state index contributed by atoms with van der Waals surface area (Å²) in [5, 5.41) is 18.3. The van der Waals surface area contributed by atoms with E-state index in [1.54, 1.807) is 6.07 Å². The van der Waals surface area contributed by atoms with E-state index in [0.717, 1.165) is 81.4 Å². The van der Waals surface area contributed by atoms with E-state index in [0.29, 0.717) is 19.3 Å². The van der Waals surface area contributed by atoms with Gasteiger partial charge >= 0.3 is 11.9 Å². The molecule has 54 heavy (non-hydrogen) atoms. The summed E-state index contributed by atoms with van der Waals surface area (Å²) in [4.78, 5) is 24.4. The largest absolute Gasteiger partial charge is 0.481 e. The fourth-order valence-corrected chi connectivity index (χ4v) is 8.62. The first-order valence-corrected chi connectivity index (χ1v) is 21.2. The van der Waals surface area contributed by atoms with Gasteiger partial charge in [-0.2, -0.15) is 13.0 Å².